The molecule has 1 amide bonds. The average Bonchev–Trinajstić information content (AvgIpc) is 2.80. The fourth-order valence-electron chi connectivity index (χ4n) is 2.56. The molecule has 108 valence electrons. The van der Waals surface area contributed by atoms with E-state index in [1.807, 2.05) is 45.0 Å². The molecule has 0 radical (unpaired) electrons. The molecule has 0 atom stereocenters. The van der Waals surface area contributed by atoms with Crippen molar-refractivity contribution in [2.75, 3.05) is 6.61 Å². The Morgan fingerprint density at radius 1 is 1.30 bits per heavy atom. The lowest BCUT2D eigenvalue weighted by atomic mass is 9.93. The zero-order chi connectivity index (χ0) is 14.8. The number of aromatic nitrogens is 1. The normalized spacial score (nSPS) is 11.8. The van der Waals surface area contributed by atoms with E-state index in [1.54, 1.807) is 0 Å². The lowest BCUT2D eigenvalue weighted by Crippen LogP contribution is -2.50. The number of hydrogen-bond acceptors (Lipinski definition) is 2. The Balaban J connectivity index is 2.39. The van der Waals surface area contributed by atoms with Crippen molar-refractivity contribution in [2.24, 2.45) is 0 Å². The molecule has 4 nitrogen and oxygen atoms in total. The third kappa shape index (κ3) is 2.43. The molecule has 0 saturated heterocycles. The van der Waals surface area contributed by atoms with Crippen molar-refractivity contribution in [3.8, 4) is 0 Å². The summed E-state index contributed by atoms with van der Waals surface area (Å²) < 4.78 is 0. The molecule has 0 bridgehead atoms. The van der Waals surface area contributed by atoms with Crippen LogP contribution in [0.5, 0.6) is 0 Å². The largest absolute Gasteiger partial charge is 0.394 e. The van der Waals surface area contributed by atoms with E-state index >= 15 is 0 Å². The summed E-state index contributed by atoms with van der Waals surface area (Å²) in [4.78, 5) is 15.8. The molecule has 1 aromatic heterocycles. The predicted octanol–water partition coefficient (Wildman–Crippen LogP) is 2.76. The Morgan fingerprint density at radius 2 is 1.95 bits per heavy atom. The van der Waals surface area contributed by atoms with Crippen molar-refractivity contribution in [3.05, 3.63) is 35.5 Å². The summed E-state index contributed by atoms with van der Waals surface area (Å²) in [5, 5.41) is 13.5. The Bertz CT molecular complexity index is 604. The highest BCUT2D eigenvalue weighted by Crippen LogP contribution is 2.23. The molecule has 1 heterocycles. The number of rotatable bonds is 5. The summed E-state index contributed by atoms with van der Waals surface area (Å²) in [6, 6.07) is 7.76. The van der Waals surface area contributed by atoms with Crippen molar-refractivity contribution < 1.29 is 9.90 Å². The van der Waals surface area contributed by atoms with Crippen molar-refractivity contribution >= 4 is 16.8 Å². The van der Waals surface area contributed by atoms with Crippen molar-refractivity contribution in [2.45, 2.75) is 39.2 Å². The van der Waals surface area contributed by atoms with Crippen LogP contribution in [-0.2, 0) is 0 Å². The monoisotopic (exact) mass is 274 g/mol. The highest BCUT2D eigenvalue weighted by atomic mass is 16.3. The summed E-state index contributed by atoms with van der Waals surface area (Å²) >= 11 is 0. The van der Waals surface area contributed by atoms with E-state index in [0.717, 1.165) is 16.6 Å². The lowest BCUT2D eigenvalue weighted by molar-refractivity contribution is 0.0819. The number of benzene rings is 1. The Labute approximate surface area is 119 Å². The number of fused-ring (bicyclic) bond motifs is 1. The topological polar surface area (TPSA) is 65.1 Å². The molecule has 0 spiro atoms. The number of amides is 1. The lowest BCUT2D eigenvalue weighted by Gasteiger charge is -2.30. The number of hydrogen-bond donors (Lipinski definition) is 3. The van der Waals surface area contributed by atoms with Gasteiger partial charge < -0.3 is 15.4 Å². The maximum Gasteiger partial charge on any atom is 0.254 e. The van der Waals surface area contributed by atoms with Crippen LogP contribution in [0.4, 0.5) is 0 Å². The molecule has 0 fully saturated rings. The van der Waals surface area contributed by atoms with Gasteiger partial charge in [0, 0.05) is 16.6 Å². The third-order valence-electron chi connectivity index (χ3n) is 4.16. The molecular weight excluding hydrogens is 252 g/mol. The summed E-state index contributed by atoms with van der Waals surface area (Å²) in [5.74, 6) is -0.127. The first-order chi connectivity index (χ1) is 9.56. The smallest absolute Gasteiger partial charge is 0.254 e. The van der Waals surface area contributed by atoms with Gasteiger partial charge in [0.25, 0.3) is 5.91 Å². The van der Waals surface area contributed by atoms with E-state index in [-0.39, 0.29) is 12.5 Å². The summed E-state index contributed by atoms with van der Waals surface area (Å²) in [5.41, 5.74) is 1.93. The number of aromatic amines is 1. The third-order valence-corrected chi connectivity index (χ3v) is 4.16. The summed E-state index contributed by atoms with van der Waals surface area (Å²) in [7, 11) is 0. The number of aliphatic hydroxyl groups is 1. The number of aliphatic hydroxyl groups excluding tert-OH is 1. The van der Waals surface area contributed by atoms with Crippen molar-refractivity contribution in [1.82, 2.24) is 10.3 Å². The summed E-state index contributed by atoms with van der Waals surface area (Å²) in [6.07, 6.45) is 1.40. The van der Waals surface area contributed by atoms with Gasteiger partial charge in [-0.2, -0.15) is 0 Å². The maximum absolute atomic E-state index is 12.6. The second-order valence-electron chi connectivity index (χ2n) is 5.27. The Hall–Kier alpha value is -1.81. The molecule has 0 unspecified atom stereocenters. The molecule has 1 aromatic carbocycles. The molecule has 20 heavy (non-hydrogen) atoms. The number of H-pyrrole nitrogens is 1. The van der Waals surface area contributed by atoms with Crippen LogP contribution in [0.15, 0.2) is 24.3 Å². The second-order valence-corrected chi connectivity index (χ2v) is 5.27. The van der Waals surface area contributed by atoms with Gasteiger partial charge in [0.1, 0.15) is 0 Å². The first-order valence-corrected chi connectivity index (χ1v) is 7.07. The van der Waals surface area contributed by atoms with Crippen molar-refractivity contribution in [3.63, 3.8) is 0 Å². The van der Waals surface area contributed by atoms with Crippen LogP contribution in [0, 0.1) is 6.92 Å². The molecule has 0 aliphatic rings. The number of carbonyl (C=O) groups excluding carboxylic acids is 1. The summed E-state index contributed by atoms with van der Waals surface area (Å²) in [6.45, 7) is 5.80. The highest BCUT2D eigenvalue weighted by Gasteiger charge is 2.29. The molecule has 3 N–H and O–H groups in total. The standard InChI is InChI=1S/C16H22N2O2/c1-4-16(5-2,10-19)18-15(20)14-11(3)17-13-9-7-6-8-12(13)14/h6-9,17,19H,4-5,10H2,1-3H3,(H,18,20). The molecule has 2 rings (SSSR count). The fourth-order valence-corrected chi connectivity index (χ4v) is 2.56. The first-order valence-electron chi connectivity index (χ1n) is 7.07. The van der Waals surface area contributed by atoms with Crippen LogP contribution in [0.2, 0.25) is 0 Å². The van der Waals surface area contributed by atoms with Gasteiger partial charge in [-0.05, 0) is 25.8 Å². The quantitative estimate of drug-likeness (QED) is 0.785. The minimum absolute atomic E-state index is 0.0485. The zero-order valence-electron chi connectivity index (χ0n) is 12.3. The Morgan fingerprint density at radius 3 is 2.55 bits per heavy atom. The van der Waals surface area contributed by atoms with Crippen LogP contribution < -0.4 is 5.32 Å². The van der Waals surface area contributed by atoms with E-state index in [0.29, 0.717) is 18.4 Å². The van der Waals surface area contributed by atoms with E-state index in [1.165, 1.54) is 0 Å². The zero-order valence-corrected chi connectivity index (χ0v) is 12.3. The number of para-hydroxylation sites is 1. The highest BCUT2D eigenvalue weighted by molar-refractivity contribution is 6.08. The second kappa shape index (κ2) is 5.67. The van der Waals surface area contributed by atoms with Gasteiger partial charge in [-0.15, -0.1) is 0 Å². The van der Waals surface area contributed by atoms with E-state index in [4.69, 9.17) is 0 Å². The van der Waals surface area contributed by atoms with Crippen LogP contribution >= 0.6 is 0 Å². The number of nitrogens with one attached hydrogen (secondary N) is 2. The molecule has 0 saturated carbocycles. The van der Waals surface area contributed by atoms with Gasteiger partial charge in [-0.1, -0.05) is 32.0 Å². The molecular formula is C16H22N2O2. The van der Waals surface area contributed by atoms with Gasteiger partial charge in [-0.3, -0.25) is 4.79 Å². The van der Waals surface area contributed by atoms with E-state index in [9.17, 15) is 9.90 Å². The van der Waals surface area contributed by atoms with Gasteiger partial charge in [0.15, 0.2) is 0 Å². The van der Waals surface area contributed by atoms with Crippen molar-refractivity contribution in [1.29, 1.82) is 0 Å². The van der Waals surface area contributed by atoms with Crippen LogP contribution in [0.1, 0.15) is 42.7 Å². The van der Waals surface area contributed by atoms with E-state index < -0.39 is 5.54 Å². The predicted molar refractivity (Wildman–Crippen MR) is 80.9 cm³/mol. The molecule has 2 aromatic rings. The maximum atomic E-state index is 12.6. The van der Waals surface area contributed by atoms with Crippen LogP contribution in [-0.4, -0.2) is 28.1 Å². The fraction of sp³-hybridized carbons (Fsp3) is 0.438. The van der Waals surface area contributed by atoms with Gasteiger partial charge in [-0.25, -0.2) is 0 Å². The first kappa shape index (κ1) is 14.6. The molecule has 0 aliphatic heterocycles. The SMILES string of the molecule is CCC(CC)(CO)NC(=O)c1c(C)[nH]c2ccccc12. The number of aryl methyl sites for hydroxylation is 1. The molecule has 4 heteroatoms. The van der Waals surface area contributed by atoms with Gasteiger partial charge in [0.2, 0.25) is 0 Å². The van der Waals surface area contributed by atoms with E-state index in [2.05, 4.69) is 10.3 Å². The van der Waals surface area contributed by atoms with Crippen LogP contribution in [0.25, 0.3) is 10.9 Å². The van der Waals surface area contributed by atoms with Gasteiger partial charge in [0.05, 0.1) is 17.7 Å². The molecule has 0 aliphatic carbocycles. The minimum atomic E-state index is -0.540. The minimum Gasteiger partial charge on any atom is -0.394 e. The van der Waals surface area contributed by atoms with Crippen LogP contribution in [0.3, 0.4) is 0 Å². The average molecular weight is 274 g/mol. The van der Waals surface area contributed by atoms with Gasteiger partial charge >= 0.3 is 0 Å². The number of carbonyl (C=O) groups is 1. The Kier molecular flexibility index (Phi) is 4.14.